The van der Waals surface area contributed by atoms with Crippen molar-refractivity contribution in [1.29, 1.82) is 0 Å². The molecule has 0 fully saturated rings. The van der Waals surface area contributed by atoms with Crippen LogP contribution in [0.25, 0.3) is 0 Å². The van der Waals surface area contributed by atoms with Gasteiger partial charge < -0.3 is 10.4 Å². The van der Waals surface area contributed by atoms with Gasteiger partial charge in [0, 0.05) is 6.54 Å². The van der Waals surface area contributed by atoms with Gasteiger partial charge in [0.1, 0.15) is 16.5 Å². The predicted octanol–water partition coefficient (Wildman–Crippen LogP) is 3.57. The van der Waals surface area contributed by atoms with Crippen molar-refractivity contribution in [2.75, 3.05) is 5.32 Å². The molecule has 19 heavy (non-hydrogen) atoms. The molecule has 2 rings (SSSR count). The number of phenols is 1. The van der Waals surface area contributed by atoms with E-state index < -0.39 is 4.92 Å². The summed E-state index contributed by atoms with van der Waals surface area (Å²) in [6, 6.07) is 11.3. The van der Waals surface area contributed by atoms with Crippen LogP contribution in [0.1, 0.15) is 5.56 Å². The van der Waals surface area contributed by atoms with Crippen molar-refractivity contribution in [3.05, 3.63) is 63.2 Å². The Bertz CT molecular complexity index is 599. The molecule has 0 saturated heterocycles. The normalized spacial score (nSPS) is 10.2. The molecule has 0 unspecified atom stereocenters. The highest BCUT2D eigenvalue weighted by Gasteiger charge is 2.17. The summed E-state index contributed by atoms with van der Waals surface area (Å²) in [4.78, 5) is 10.4. The van der Waals surface area contributed by atoms with Crippen LogP contribution in [-0.4, -0.2) is 10.0 Å². The van der Waals surface area contributed by atoms with Crippen molar-refractivity contribution < 1.29 is 10.0 Å². The van der Waals surface area contributed by atoms with E-state index in [1.807, 2.05) is 0 Å². The summed E-state index contributed by atoms with van der Waals surface area (Å²) in [6.07, 6.45) is 0. The Balaban J connectivity index is 2.18. The molecule has 2 aromatic rings. The summed E-state index contributed by atoms with van der Waals surface area (Å²) in [5.41, 5.74) is 1.13. The largest absolute Gasteiger partial charge is 0.508 e. The maximum atomic E-state index is 10.9. The highest BCUT2D eigenvalue weighted by atomic mass is 35.5. The Morgan fingerprint density at radius 1 is 1.21 bits per heavy atom. The minimum atomic E-state index is -0.512. The maximum absolute atomic E-state index is 10.9. The highest BCUT2D eigenvalue weighted by molar-refractivity contribution is 6.33. The maximum Gasteiger partial charge on any atom is 0.310 e. The van der Waals surface area contributed by atoms with E-state index in [0.29, 0.717) is 12.2 Å². The molecule has 0 radical (unpaired) electrons. The van der Waals surface area contributed by atoms with Gasteiger partial charge in [-0.2, -0.15) is 0 Å². The van der Waals surface area contributed by atoms with Gasteiger partial charge in [-0.05, 0) is 29.8 Å². The van der Waals surface area contributed by atoms with Crippen LogP contribution in [-0.2, 0) is 6.54 Å². The lowest BCUT2D eigenvalue weighted by Gasteiger charge is -2.08. The van der Waals surface area contributed by atoms with Crippen LogP contribution in [0.3, 0.4) is 0 Å². The van der Waals surface area contributed by atoms with Gasteiger partial charge in [0.15, 0.2) is 0 Å². The zero-order valence-electron chi connectivity index (χ0n) is 9.84. The first-order valence-electron chi connectivity index (χ1n) is 5.52. The molecule has 0 heterocycles. The van der Waals surface area contributed by atoms with Crippen molar-refractivity contribution in [3.8, 4) is 5.75 Å². The topological polar surface area (TPSA) is 75.4 Å². The molecule has 0 atom stereocenters. The van der Waals surface area contributed by atoms with Gasteiger partial charge in [-0.25, -0.2) is 0 Å². The Labute approximate surface area is 114 Å². The fraction of sp³-hybridized carbons (Fsp3) is 0.0769. The molecular weight excluding hydrogens is 268 g/mol. The zero-order chi connectivity index (χ0) is 13.8. The van der Waals surface area contributed by atoms with E-state index in [2.05, 4.69) is 5.32 Å². The van der Waals surface area contributed by atoms with Crippen LogP contribution in [0.15, 0.2) is 42.5 Å². The molecule has 2 N–H and O–H groups in total. The van der Waals surface area contributed by atoms with Gasteiger partial charge in [0.2, 0.25) is 0 Å². The van der Waals surface area contributed by atoms with Gasteiger partial charge in [0.05, 0.1) is 4.92 Å². The first-order chi connectivity index (χ1) is 9.08. The van der Waals surface area contributed by atoms with Crippen molar-refractivity contribution in [3.63, 3.8) is 0 Å². The number of anilines is 1. The molecule has 98 valence electrons. The Hall–Kier alpha value is -2.27. The molecule has 0 aliphatic rings. The lowest BCUT2D eigenvalue weighted by molar-refractivity contribution is -0.383. The van der Waals surface area contributed by atoms with Gasteiger partial charge in [0.25, 0.3) is 0 Å². The second-order valence-corrected chi connectivity index (χ2v) is 4.32. The molecular formula is C13H11ClN2O3. The molecule has 0 bridgehead atoms. The van der Waals surface area contributed by atoms with Crippen LogP contribution in [0.2, 0.25) is 5.02 Å². The molecule has 0 aromatic heterocycles. The second kappa shape index (κ2) is 5.58. The average Bonchev–Trinajstić information content (AvgIpc) is 2.37. The van der Waals surface area contributed by atoms with E-state index in [0.717, 1.165) is 5.56 Å². The number of benzene rings is 2. The molecule has 0 aliphatic carbocycles. The number of nitrogens with one attached hydrogen (secondary N) is 1. The van der Waals surface area contributed by atoms with Gasteiger partial charge in [-0.15, -0.1) is 0 Å². The van der Waals surface area contributed by atoms with E-state index in [-0.39, 0.29) is 16.5 Å². The standard InChI is InChI=1S/C13H11ClN2O3/c14-11-2-1-3-12(13(11)16(18)19)15-8-9-4-6-10(17)7-5-9/h1-7,15,17H,8H2. The monoisotopic (exact) mass is 278 g/mol. The van der Waals surface area contributed by atoms with E-state index in [4.69, 9.17) is 16.7 Å². The third-order valence-corrected chi connectivity index (χ3v) is 2.89. The number of para-hydroxylation sites is 1. The van der Waals surface area contributed by atoms with Gasteiger partial charge in [-0.3, -0.25) is 10.1 Å². The van der Waals surface area contributed by atoms with Crippen LogP contribution in [0, 0.1) is 10.1 Å². The highest BCUT2D eigenvalue weighted by Crippen LogP contribution is 2.32. The van der Waals surface area contributed by atoms with Crippen LogP contribution < -0.4 is 5.32 Å². The minimum absolute atomic E-state index is 0.0979. The molecule has 5 nitrogen and oxygen atoms in total. The number of nitro groups is 1. The molecule has 2 aromatic carbocycles. The van der Waals surface area contributed by atoms with Crippen molar-refractivity contribution in [2.24, 2.45) is 0 Å². The van der Waals surface area contributed by atoms with Gasteiger partial charge in [-0.1, -0.05) is 29.8 Å². The number of halogens is 1. The molecule has 6 heteroatoms. The second-order valence-electron chi connectivity index (χ2n) is 3.91. The Morgan fingerprint density at radius 3 is 2.53 bits per heavy atom. The molecule has 0 amide bonds. The molecule has 0 spiro atoms. The predicted molar refractivity (Wildman–Crippen MR) is 73.5 cm³/mol. The first-order valence-corrected chi connectivity index (χ1v) is 5.90. The SMILES string of the molecule is O=[N+]([O-])c1c(Cl)cccc1NCc1ccc(O)cc1. The first kappa shape index (κ1) is 13.2. The lowest BCUT2D eigenvalue weighted by Crippen LogP contribution is -2.02. The van der Waals surface area contributed by atoms with Crippen LogP contribution >= 0.6 is 11.6 Å². The van der Waals surface area contributed by atoms with Crippen molar-refractivity contribution >= 4 is 23.0 Å². The third-order valence-electron chi connectivity index (χ3n) is 2.59. The molecule has 0 aliphatic heterocycles. The number of nitro benzene ring substituents is 1. The summed E-state index contributed by atoms with van der Waals surface area (Å²) in [7, 11) is 0. The summed E-state index contributed by atoms with van der Waals surface area (Å²) in [5, 5.41) is 23.2. The number of hydrogen-bond acceptors (Lipinski definition) is 4. The quantitative estimate of drug-likeness (QED) is 0.662. The van der Waals surface area contributed by atoms with E-state index in [1.165, 1.54) is 6.07 Å². The Morgan fingerprint density at radius 2 is 1.89 bits per heavy atom. The van der Waals surface area contributed by atoms with E-state index in [1.54, 1.807) is 36.4 Å². The number of hydrogen-bond donors (Lipinski definition) is 2. The van der Waals surface area contributed by atoms with E-state index >= 15 is 0 Å². The molecule has 0 saturated carbocycles. The van der Waals surface area contributed by atoms with Crippen molar-refractivity contribution in [1.82, 2.24) is 0 Å². The van der Waals surface area contributed by atoms with Crippen LogP contribution in [0.5, 0.6) is 5.75 Å². The van der Waals surface area contributed by atoms with Gasteiger partial charge >= 0.3 is 5.69 Å². The van der Waals surface area contributed by atoms with Crippen LogP contribution in [0.4, 0.5) is 11.4 Å². The lowest BCUT2D eigenvalue weighted by atomic mass is 10.2. The third kappa shape index (κ3) is 3.14. The summed E-state index contributed by atoms with van der Waals surface area (Å²) in [5.74, 6) is 0.178. The Kier molecular flexibility index (Phi) is 3.87. The number of rotatable bonds is 4. The number of aromatic hydroxyl groups is 1. The average molecular weight is 279 g/mol. The minimum Gasteiger partial charge on any atom is -0.508 e. The summed E-state index contributed by atoms with van der Waals surface area (Å²) >= 11 is 5.81. The number of phenolic OH excluding ortho intramolecular Hbond substituents is 1. The van der Waals surface area contributed by atoms with E-state index in [9.17, 15) is 10.1 Å². The zero-order valence-corrected chi connectivity index (χ0v) is 10.6. The summed E-state index contributed by atoms with van der Waals surface area (Å²) in [6.45, 7) is 0.404. The smallest absolute Gasteiger partial charge is 0.310 e. The fourth-order valence-corrected chi connectivity index (χ4v) is 1.90. The fourth-order valence-electron chi connectivity index (χ4n) is 1.65. The number of nitrogens with zero attached hydrogens (tertiary/aromatic N) is 1. The van der Waals surface area contributed by atoms with Crippen molar-refractivity contribution in [2.45, 2.75) is 6.54 Å². The summed E-state index contributed by atoms with van der Waals surface area (Å²) < 4.78 is 0.